The first-order valence-corrected chi connectivity index (χ1v) is 10.5. The van der Waals surface area contributed by atoms with Gasteiger partial charge in [-0.2, -0.15) is 0 Å². The van der Waals surface area contributed by atoms with Gasteiger partial charge >= 0.3 is 0 Å². The van der Waals surface area contributed by atoms with Gasteiger partial charge in [-0.05, 0) is 61.9 Å². The smallest absolute Gasteiger partial charge is 0.261 e. The van der Waals surface area contributed by atoms with Crippen molar-refractivity contribution in [1.29, 1.82) is 0 Å². The maximum absolute atomic E-state index is 12.7. The number of hydrogen-bond donors (Lipinski definition) is 2. The van der Waals surface area contributed by atoms with Gasteiger partial charge in [0, 0.05) is 36.2 Å². The van der Waals surface area contributed by atoms with Gasteiger partial charge in [0.15, 0.2) is 0 Å². The number of aromatic nitrogens is 1. The summed E-state index contributed by atoms with van der Waals surface area (Å²) >= 11 is 0. The minimum Gasteiger partial charge on any atom is -0.348 e. The van der Waals surface area contributed by atoms with Crippen molar-refractivity contribution >= 4 is 29.3 Å². The first-order chi connectivity index (χ1) is 15.8. The number of carbonyl (C=O) groups excluding carboxylic acids is 4. The van der Waals surface area contributed by atoms with Gasteiger partial charge in [-0.1, -0.05) is 12.1 Å². The summed E-state index contributed by atoms with van der Waals surface area (Å²) in [5, 5.41) is 5.60. The highest BCUT2D eigenvalue weighted by Crippen LogP contribution is 2.26. The van der Waals surface area contributed by atoms with E-state index in [1.807, 2.05) is 0 Å². The molecule has 8 heteroatoms. The Morgan fingerprint density at radius 3 is 2.30 bits per heavy atom. The number of fused-ring (bicyclic) bond motifs is 1. The van der Waals surface area contributed by atoms with Crippen molar-refractivity contribution in [3.63, 3.8) is 0 Å². The highest BCUT2D eigenvalue weighted by atomic mass is 16.2. The van der Waals surface area contributed by atoms with Gasteiger partial charge in [0.25, 0.3) is 23.6 Å². The van der Waals surface area contributed by atoms with Gasteiger partial charge in [-0.25, -0.2) is 0 Å². The monoisotopic (exact) mass is 442 g/mol. The average molecular weight is 442 g/mol. The van der Waals surface area contributed by atoms with Gasteiger partial charge in [-0.15, -0.1) is 0 Å². The van der Waals surface area contributed by atoms with Crippen LogP contribution < -0.4 is 10.6 Å². The van der Waals surface area contributed by atoms with Gasteiger partial charge in [0.1, 0.15) is 0 Å². The lowest BCUT2D eigenvalue weighted by Crippen LogP contribution is -2.35. The maximum Gasteiger partial charge on any atom is 0.261 e. The maximum atomic E-state index is 12.7. The molecule has 33 heavy (non-hydrogen) atoms. The Bertz CT molecular complexity index is 1240. The minimum absolute atomic E-state index is 0.221. The third-order valence-electron chi connectivity index (χ3n) is 5.29. The van der Waals surface area contributed by atoms with Crippen LogP contribution in [0.5, 0.6) is 0 Å². The molecule has 0 spiro atoms. The number of pyridine rings is 1. The van der Waals surface area contributed by atoms with Crippen LogP contribution in [0.2, 0.25) is 0 Å². The zero-order chi connectivity index (χ0) is 23.5. The fourth-order valence-corrected chi connectivity index (χ4v) is 3.56. The number of rotatable bonds is 6. The lowest BCUT2D eigenvalue weighted by Gasteiger charge is -2.17. The third-order valence-corrected chi connectivity index (χ3v) is 5.29. The first kappa shape index (κ1) is 21.9. The average Bonchev–Trinajstić information content (AvgIpc) is 3.08. The Morgan fingerprint density at radius 1 is 0.909 bits per heavy atom. The Morgan fingerprint density at radius 2 is 1.64 bits per heavy atom. The van der Waals surface area contributed by atoms with Gasteiger partial charge in [0.2, 0.25) is 0 Å². The summed E-state index contributed by atoms with van der Waals surface area (Å²) in [5.74, 6) is -1.35. The summed E-state index contributed by atoms with van der Waals surface area (Å²) in [6, 6.07) is 14.7. The summed E-state index contributed by atoms with van der Waals surface area (Å²) in [7, 11) is 0. The number of hydrogen-bond acceptors (Lipinski definition) is 5. The van der Waals surface area contributed by atoms with Crippen molar-refractivity contribution in [2.75, 3.05) is 5.32 Å². The predicted molar refractivity (Wildman–Crippen MR) is 122 cm³/mol. The summed E-state index contributed by atoms with van der Waals surface area (Å²) in [5.41, 5.74) is 2.74. The Kier molecular flexibility index (Phi) is 5.99. The molecule has 1 aliphatic rings. The van der Waals surface area contributed by atoms with Crippen LogP contribution in [-0.2, 0) is 6.54 Å². The van der Waals surface area contributed by atoms with Crippen LogP contribution in [-0.4, -0.2) is 39.6 Å². The second-order valence-corrected chi connectivity index (χ2v) is 7.91. The number of nitrogens with one attached hydrogen (secondary N) is 2. The van der Waals surface area contributed by atoms with Crippen molar-refractivity contribution in [2.45, 2.75) is 26.4 Å². The van der Waals surface area contributed by atoms with Crippen molar-refractivity contribution in [2.24, 2.45) is 0 Å². The summed E-state index contributed by atoms with van der Waals surface area (Å²) in [6.45, 7) is 3.86. The van der Waals surface area contributed by atoms with Crippen molar-refractivity contribution < 1.29 is 19.2 Å². The molecule has 0 saturated heterocycles. The van der Waals surface area contributed by atoms with E-state index in [2.05, 4.69) is 15.6 Å². The van der Waals surface area contributed by atoms with Crippen LogP contribution in [0, 0.1) is 0 Å². The second-order valence-electron chi connectivity index (χ2n) is 7.91. The van der Waals surface area contributed by atoms with E-state index in [0.29, 0.717) is 23.4 Å². The van der Waals surface area contributed by atoms with E-state index >= 15 is 0 Å². The molecule has 0 fully saturated rings. The number of benzene rings is 2. The molecule has 2 heterocycles. The quantitative estimate of drug-likeness (QED) is 0.570. The number of amides is 4. The summed E-state index contributed by atoms with van der Waals surface area (Å²) in [6.07, 6.45) is 3.10. The first-order valence-electron chi connectivity index (χ1n) is 10.5. The van der Waals surface area contributed by atoms with Crippen molar-refractivity contribution in [3.8, 4) is 0 Å². The van der Waals surface area contributed by atoms with Crippen LogP contribution in [0.15, 0.2) is 67.0 Å². The molecule has 0 saturated carbocycles. The molecule has 166 valence electrons. The molecule has 0 unspecified atom stereocenters. The number of carbonyl (C=O) groups is 4. The minimum atomic E-state index is -0.391. The summed E-state index contributed by atoms with van der Waals surface area (Å²) < 4.78 is 0. The molecule has 0 atom stereocenters. The Hall–Kier alpha value is -4.33. The molecule has 8 nitrogen and oxygen atoms in total. The van der Waals surface area contributed by atoms with E-state index in [-0.39, 0.29) is 29.0 Å². The van der Waals surface area contributed by atoms with E-state index in [4.69, 9.17) is 0 Å². The lowest BCUT2D eigenvalue weighted by atomic mass is 10.1. The largest absolute Gasteiger partial charge is 0.348 e. The normalized spacial score (nSPS) is 12.6. The number of anilines is 1. The second kappa shape index (κ2) is 9.04. The van der Waals surface area contributed by atoms with E-state index in [1.54, 1.807) is 56.4 Å². The van der Waals surface area contributed by atoms with Crippen LogP contribution in [0.1, 0.15) is 60.8 Å². The highest BCUT2D eigenvalue weighted by Gasteiger charge is 2.37. The van der Waals surface area contributed by atoms with E-state index in [1.165, 1.54) is 29.3 Å². The molecule has 0 aliphatic carbocycles. The van der Waals surface area contributed by atoms with Gasteiger partial charge in [0.05, 0.1) is 16.7 Å². The van der Waals surface area contributed by atoms with Crippen molar-refractivity contribution in [1.82, 2.24) is 15.2 Å². The zero-order valence-electron chi connectivity index (χ0n) is 18.2. The van der Waals surface area contributed by atoms with Crippen LogP contribution in [0.3, 0.4) is 0 Å². The third kappa shape index (κ3) is 4.50. The van der Waals surface area contributed by atoms with Crippen molar-refractivity contribution in [3.05, 3.63) is 94.8 Å². The van der Waals surface area contributed by atoms with Gasteiger partial charge < -0.3 is 10.6 Å². The van der Waals surface area contributed by atoms with Crippen LogP contribution in [0.25, 0.3) is 0 Å². The number of imide groups is 1. The molecule has 0 radical (unpaired) electrons. The molecule has 2 aromatic carbocycles. The SMILES string of the molecule is CC(C)N1C(=O)c2ccc(C(=O)Nc3ccc(CNC(=O)c4cccnc4)cc3)cc2C1=O. The van der Waals surface area contributed by atoms with E-state index in [9.17, 15) is 19.2 Å². The standard InChI is InChI=1S/C25H22N4O4/c1-15(2)29-24(32)20-10-7-17(12-21(20)25(29)33)23(31)28-19-8-5-16(6-9-19)13-27-22(30)18-4-3-11-26-14-18/h3-12,14-15H,13H2,1-2H3,(H,27,30)(H,28,31). The van der Waals surface area contributed by atoms with E-state index < -0.39 is 11.8 Å². The molecular formula is C25H22N4O4. The highest BCUT2D eigenvalue weighted by molar-refractivity contribution is 6.22. The van der Waals surface area contributed by atoms with Gasteiger partial charge in [-0.3, -0.25) is 29.1 Å². The molecule has 2 N–H and O–H groups in total. The Labute approximate surface area is 190 Å². The number of nitrogens with zero attached hydrogens (tertiary/aromatic N) is 2. The molecule has 4 amide bonds. The molecule has 4 rings (SSSR count). The fraction of sp³-hybridized carbons (Fsp3) is 0.160. The fourth-order valence-electron chi connectivity index (χ4n) is 3.56. The predicted octanol–water partition coefficient (Wildman–Crippen LogP) is 3.27. The topological polar surface area (TPSA) is 108 Å². The zero-order valence-corrected chi connectivity index (χ0v) is 18.2. The van der Waals surface area contributed by atoms with Crippen LogP contribution in [0.4, 0.5) is 5.69 Å². The summed E-state index contributed by atoms with van der Waals surface area (Å²) in [4.78, 5) is 54.9. The molecule has 0 bridgehead atoms. The molecule has 1 aliphatic heterocycles. The molecular weight excluding hydrogens is 420 g/mol. The lowest BCUT2D eigenvalue weighted by molar-refractivity contribution is 0.0608. The van der Waals surface area contributed by atoms with E-state index in [0.717, 1.165) is 5.56 Å². The molecule has 1 aromatic heterocycles. The van der Waals surface area contributed by atoms with Crippen LogP contribution >= 0.6 is 0 Å². The Balaban J connectivity index is 1.39. The molecule has 3 aromatic rings.